The lowest BCUT2D eigenvalue weighted by Crippen LogP contribution is -2.33. The molecule has 2 N–H and O–H groups in total. The number of hydrogen-bond acceptors (Lipinski definition) is 5. The summed E-state index contributed by atoms with van der Waals surface area (Å²) in [7, 11) is 1.57. The lowest BCUT2D eigenvalue weighted by Gasteiger charge is -2.16. The van der Waals surface area contributed by atoms with Crippen molar-refractivity contribution in [2.75, 3.05) is 13.7 Å². The topological polar surface area (TPSA) is 84.9 Å². The second-order valence-corrected chi connectivity index (χ2v) is 5.68. The second-order valence-electron chi connectivity index (χ2n) is 4.70. The van der Waals surface area contributed by atoms with Gasteiger partial charge in [-0.3, -0.25) is 9.59 Å². The van der Waals surface area contributed by atoms with Gasteiger partial charge in [0.25, 0.3) is 5.91 Å². The first-order valence-electron chi connectivity index (χ1n) is 6.90. The van der Waals surface area contributed by atoms with Gasteiger partial charge in [0.15, 0.2) is 6.61 Å². The van der Waals surface area contributed by atoms with Crippen molar-refractivity contribution in [2.24, 2.45) is 0 Å². The van der Waals surface area contributed by atoms with Crippen LogP contribution in [0.25, 0.3) is 0 Å². The molecular weight excluding hydrogens is 318 g/mol. The molecule has 0 bridgehead atoms. The molecule has 0 saturated heterocycles. The number of amides is 1. The third-order valence-corrected chi connectivity index (χ3v) is 4.02. The van der Waals surface area contributed by atoms with E-state index in [4.69, 9.17) is 14.6 Å². The molecule has 0 saturated carbocycles. The molecule has 0 radical (unpaired) electrons. The highest BCUT2D eigenvalue weighted by molar-refractivity contribution is 7.10. The van der Waals surface area contributed by atoms with Crippen LogP contribution in [0.15, 0.2) is 41.8 Å². The molecule has 0 aliphatic heterocycles. The van der Waals surface area contributed by atoms with Gasteiger partial charge in [0, 0.05) is 4.88 Å². The number of carboxylic acid groups (broad SMARTS) is 1. The summed E-state index contributed by atoms with van der Waals surface area (Å²) in [5, 5.41) is 13.5. The van der Waals surface area contributed by atoms with Crippen LogP contribution in [0.2, 0.25) is 0 Å². The van der Waals surface area contributed by atoms with E-state index in [2.05, 4.69) is 5.32 Å². The maximum absolute atomic E-state index is 12.0. The van der Waals surface area contributed by atoms with Crippen LogP contribution in [0.4, 0.5) is 0 Å². The summed E-state index contributed by atoms with van der Waals surface area (Å²) in [5.41, 5.74) is 0. The zero-order chi connectivity index (χ0) is 16.7. The van der Waals surface area contributed by atoms with Crippen molar-refractivity contribution in [3.05, 3.63) is 46.7 Å². The summed E-state index contributed by atoms with van der Waals surface area (Å²) < 4.78 is 10.4. The molecule has 1 heterocycles. The lowest BCUT2D eigenvalue weighted by atomic mass is 10.1. The fourth-order valence-electron chi connectivity index (χ4n) is 1.94. The van der Waals surface area contributed by atoms with Crippen LogP contribution in [0, 0.1) is 0 Å². The Hall–Kier alpha value is -2.54. The fourth-order valence-corrected chi connectivity index (χ4v) is 2.72. The SMILES string of the molecule is COc1ccc(OCC(=O)NC(CC(=O)O)c2cccs2)cc1. The number of methoxy groups -OCH3 is 1. The van der Waals surface area contributed by atoms with Gasteiger partial charge in [-0.25, -0.2) is 0 Å². The van der Waals surface area contributed by atoms with E-state index in [1.54, 1.807) is 37.4 Å². The van der Waals surface area contributed by atoms with E-state index in [1.807, 2.05) is 11.4 Å². The van der Waals surface area contributed by atoms with Gasteiger partial charge in [-0.2, -0.15) is 0 Å². The largest absolute Gasteiger partial charge is 0.497 e. The van der Waals surface area contributed by atoms with E-state index in [-0.39, 0.29) is 18.9 Å². The van der Waals surface area contributed by atoms with Gasteiger partial charge in [-0.05, 0) is 35.7 Å². The minimum atomic E-state index is -0.972. The zero-order valence-electron chi connectivity index (χ0n) is 12.5. The Kier molecular flexibility index (Phi) is 5.99. The van der Waals surface area contributed by atoms with Gasteiger partial charge < -0.3 is 19.9 Å². The number of carbonyl (C=O) groups excluding carboxylic acids is 1. The van der Waals surface area contributed by atoms with Crippen molar-refractivity contribution in [1.82, 2.24) is 5.32 Å². The molecule has 0 aliphatic carbocycles. The smallest absolute Gasteiger partial charge is 0.305 e. The number of thiophene rings is 1. The predicted octanol–water partition coefficient (Wildman–Crippen LogP) is 2.47. The van der Waals surface area contributed by atoms with Gasteiger partial charge >= 0.3 is 5.97 Å². The van der Waals surface area contributed by atoms with Crippen LogP contribution >= 0.6 is 11.3 Å². The Morgan fingerprint density at radius 1 is 1.22 bits per heavy atom. The quantitative estimate of drug-likeness (QED) is 0.774. The van der Waals surface area contributed by atoms with Crippen LogP contribution in [0.1, 0.15) is 17.3 Å². The molecule has 1 amide bonds. The summed E-state index contributed by atoms with van der Waals surface area (Å²) in [5.74, 6) is -0.117. The zero-order valence-corrected chi connectivity index (χ0v) is 13.3. The van der Waals surface area contributed by atoms with E-state index < -0.39 is 12.0 Å². The minimum Gasteiger partial charge on any atom is -0.497 e. The Balaban J connectivity index is 1.89. The second kappa shape index (κ2) is 8.19. The molecule has 122 valence electrons. The van der Waals surface area contributed by atoms with Crippen LogP contribution in [0.3, 0.4) is 0 Å². The lowest BCUT2D eigenvalue weighted by molar-refractivity contribution is -0.137. The van der Waals surface area contributed by atoms with Crippen molar-refractivity contribution in [1.29, 1.82) is 0 Å². The maximum atomic E-state index is 12.0. The van der Waals surface area contributed by atoms with Crippen molar-refractivity contribution >= 4 is 23.2 Å². The van der Waals surface area contributed by atoms with Gasteiger partial charge in [0.1, 0.15) is 11.5 Å². The van der Waals surface area contributed by atoms with Gasteiger partial charge in [-0.15, -0.1) is 11.3 Å². The average Bonchev–Trinajstić information content (AvgIpc) is 3.07. The molecule has 6 nitrogen and oxygen atoms in total. The number of carbonyl (C=O) groups is 2. The standard InChI is InChI=1S/C16H17NO5S/c1-21-11-4-6-12(7-5-11)22-10-15(18)17-13(9-16(19)20)14-3-2-8-23-14/h2-8,13H,9-10H2,1H3,(H,17,18)(H,19,20). The van der Waals surface area contributed by atoms with Crippen molar-refractivity contribution in [3.63, 3.8) is 0 Å². The van der Waals surface area contributed by atoms with Crippen molar-refractivity contribution in [3.8, 4) is 11.5 Å². The first-order valence-corrected chi connectivity index (χ1v) is 7.78. The minimum absolute atomic E-state index is 0.172. The number of rotatable bonds is 8. The molecule has 23 heavy (non-hydrogen) atoms. The monoisotopic (exact) mass is 335 g/mol. The van der Waals surface area contributed by atoms with Crippen LogP contribution in [-0.4, -0.2) is 30.7 Å². The number of ether oxygens (including phenoxy) is 2. The molecular formula is C16H17NO5S. The Morgan fingerprint density at radius 3 is 2.48 bits per heavy atom. The molecule has 1 aromatic heterocycles. The number of aliphatic carboxylic acids is 1. The van der Waals surface area contributed by atoms with E-state index in [9.17, 15) is 9.59 Å². The summed E-state index contributed by atoms with van der Waals surface area (Å²) in [6.45, 7) is -0.187. The van der Waals surface area contributed by atoms with Crippen molar-refractivity contribution < 1.29 is 24.2 Å². The average molecular weight is 335 g/mol. The molecule has 1 atom stereocenters. The molecule has 1 aromatic carbocycles. The molecule has 2 rings (SSSR count). The Morgan fingerprint density at radius 2 is 1.91 bits per heavy atom. The molecule has 0 fully saturated rings. The first-order chi connectivity index (χ1) is 11.1. The molecule has 0 spiro atoms. The third kappa shape index (κ3) is 5.30. The molecule has 0 aliphatic rings. The predicted molar refractivity (Wildman–Crippen MR) is 85.9 cm³/mol. The number of carboxylic acids is 1. The highest BCUT2D eigenvalue weighted by Crippen LogP contribution is 2.22. The van der Waals surface area contributed by atoms with Crippen LogP contribution < -0.4 is 14.8 Å². The molecule has 7 heteroatoms. The molecule has 2 aromatic rings. The summed E-state index contributed by atoms with van der Waals surface area (Å²) in [4.78, 5) is 23.7. The fraction of sp³-hybridized carbons (Fsp3) is 0.250. The number of hydrogen-bond donors (Lipinski definition) is 2. The highest BCUT2D eigenvalue weighted by atomic mass is 32.1. The highest BCUT2D eigenvalue weighted by Gasteiger charge is 2.19. The van der Waals surface area contributed by atoms with Gasteiger partial charge in [0.05, 0.1) is 19.6 Å². The number of nitrogens with one attached hydrogen (secondary N) is 1. The summed E-state index contributed by atoms with van der Waals surface area (Å²) in [6.07, 6.45) is -0.172. The number of benzene rings is 1. The van der Waals surface area contributed by atoms with Crippen molar-refractivity contribution in [2.45, 2.75) is 12.5 Å². The van der Waals surface area contributed by atoms with E-state index in [0.717, 1.165) is 4.88 Å². The Bertz CT molecular complexity index is 639. The normalized spacial score (nSPS) is 11.5. The first kappa shape index (κ1) is 16.8. The van der Waals surface area contributed by atoms with E-state index in [1.165, 1.54) is 11.3 Å². The molecule has 1 unspecified atom stereocenters. The van der Waals surface area contributed by atoms with Gasteiger partial charge in [0.2, 0.25) is 0 Å². The van der Waals surface area contributed by atoms with Crippen LogP contribution in [0.5, 0.6) is 11.5 Å². The van der Waals surface area contributed by atoms with Crippen LogP contribution in [-0.2, 0) is 9.59 Å². The van der Waals surface area contributed by atoms with E-state index >= 15 is 0 Å². The van der Waals surface area contributed by atoms with Gasteiger partial charge in [-0.1, -0.05) is 6.07 Å². The third-order valence-electron chi connectivity index (χ3n) is 3.03. The summed E-state index contributed by atoms with van der Waals surface area (Å²) >= 11 is 1.40. The summed E-state index contributed by atoms with van der Waals surface area (Å²) in [6, 6.07) is 9.90. The Labute approximate surface area is 137 Å². The van der Waals surface area contributed by atoms with E-state index in [0.29, 0.717) is 11.5 Å². The maximum Gasteiger partial charge on any atom is 0.305 e.